The van der Waals surface area contributed by atoms with Gasteiger partial charge in [-0.25, -0.2) is 0 Å². The summed E-state index contributed by atoms with van der Waals surface area (Å²) < 4.78 is 5.83. The normalized spacial score (nSPS) is 27.9. The van der Waals surface area contributed by atoms with Crippen LogP contribution < -0.4 is 4.90 Å². The molecule has 1 aromatic heterocycles. The fourth-order valence-corrected chi connectivity index (χ4v) is 5.02. The quantitative estimate of drug-likeness (QED) is 0.713. The third-order valence-corrected chi connectivity index (χ3v) is 6.68. The van der Waals surface area contributed by atoms with Crippen LogP contribution in [0.3, 0.4) is 0 Å². The number of rotatable bonds is 8. The van der Waals surface area contributed by atoms with Gasteiger partial charge in [-0.05, 0) is 47.1 Å². The number of allylic oxidation sites excluding steroid dienone is 1. The van der Waals surface area contributed by atoms with E-state index in [0.29, 0.717) is 24.5 Å². The van der Waals surface area contributed by atoms with E-state index >= 15 is 0 Å². The number of fused-ring (bicyclic) bond motifs is 1. The summed E-state index contributed by atoms with van der Waals surface area (Å²) in [6.45, 7) is 7.61. The molecule has 1 fully saturated rings. The van der Waals surface area contributed by atoms with Crippen LogP contribution in [-0.2, 0) is 11.3 Å². The van der Waals surface area contributed by atoms with Gasteiger partial charge in [0.15, 0.2) is 0 Å². The van der Waals surface area contributed by atoms with Crippen molar-refractivity contribution >= 4 is 11.3 Å². The molecule has 1 aromatic rings. The average molecular weight is 337 g/mol. The van der Waals surface area contributed by atoms with Crippen LogP contribution in [0.25, 0.3) is 0 Å². The van der Waals surface area contributed by atoms with E-state index in [2.05, 4.69) is 44.5 Å². The minimum absolute atomic E-state index is 0.388. The molecule has 3 aliphatic rings. The van der Waals surface area contributed by atoms with Gasteiger partial charge in [0.2, 0.25) is 0 Å². The van der Waals surface area contributed by atoms with Crippen molar-refractivity contribution in [2.45, 2.75) is 39.3 Å². The fourth-order valence-electron chi connectivity index (χ4n) is 4.20. The minimum Gasteiger partial charge on any atom is -0.385 e. The lowest BCUT2D eigenvalue weighted by molar-refractivity contribution is -0.896. The Labute approximate surface area is 144 Å². The van der Waals surface area contributed by atoms with Crippen molar-refractivity contribution in [3.05, 3.63) is 34.0 Å². The van der Waals surface area contributed by atoms with Crippen LogP contribution >= 0.6 is 11.3 Å². The smallest absolute Gasteiger partial charge is 0.126 e. The van der Waals surface area contributed by atoms with Crippen molar-refractivity contribution in [1.82, 2.24) is 0 Å². The maximum Gasteiger partial charge on any atom is 0.126 e. The van der Waals surface area contributed by atoms with Crippen LogP contribution in [-0.4, -0.2) is 38.0 Å². The summed E-state index contributed by atoms with van der Waals surface area (Å²) in [4.78, 5) is 2.69. The van der Waals surface area contributed by atoms with Gasteiger partial charge in [0.05, 0.1) is 25.1 Å². The molecule has 0 saturated heterocycles. The Morgan fingerprint density at radius 2 is 2.30 bits per heavy atom. The lowest BCUT2D eigenvalue weighted by atomic mass is 9.49. The van der Waals surface area contributed by atoms with Crippen molar-refractivity contribution in [2.24, 2.45) is 17.3 Å². The third kappa shape index (κ3) is 3.87. The summed E-state index contributed by atoms with van der Waals surface area (Å²) in [6, 6.07) is 4.23. The zero-order valence-corrected chi connectivity index (χ0v) is 15.4. The molecule has 0 aliphatic heterocycles. The highest BCUT2D eigenvalue weighted by atomic mass is 32.1. The van der Waals surface area contributed by atoms with E-state index < -0.39 is 0 Å². The molecular formula is C19H30NO2S+. The number of nitrogens with one attached hydrogen (secondary N) is 1. The first-order valence-electron chi connectivity index (χ1n) is 8.75. The van der Waals surface area contributed by atoms with E-state index in [4.69, 9.17) is 4.74 Å². The van der Waals surface area contributed by atoms with Gasteiger partial charge in [0.25, 0.3) is 0 Å². The van der Waals surface area contributed by atoms with Gasteiger partial charge in [-0.15, -0.1) is 11.3 Å². The van der Waals surface area contributed by atoms with Crippen molar-refractivity contribution in [2.75, 3.05) is 26.8 Å². The Hall–Kier alpha value is -0.680. The topological polar surface area (TPSA) is 33.9 Å². The van der Waals surface area contributed by atoms with Gasteiger partial charge in [-0.1, -0.05) is 26.0 Å². The Balaban J connectivity index is 1.36. The van der Waals surface area contributed by atoms with Crippen LogP contribution in [0.1, 0.15) is 31.6 Å². The summed E-state index contributed by atoms with van der Waals surface area (Å²) in [6.07, 6.45) is 4.53. The molecule has 4 heteroatoms. The van der Waals surface area contributed by atoms with Gasteiger partial charge >= 0.3 is 0 Å². The van der Waals surface area contributed by atoms with Gasteiger partial charge in [0.1, 0.15) is 19.2 Å². The predicted octanol–water partition coefficient (Wildman–Crippen LogP) is 2.13. The Morgan fingerprint density at radius 3 is 2.96 bits per heavy atom. The monoisotopic (exact) mass is 336 g/mol. The summed E-state index contributed by atoms with van der Waals surface area (Å²) in [7, 11) is 2.13. The van der Waals surface area contributed by atoms with Crippen LogP contribution in [0.2, 0.25) is 0 Å². The summed E-state index contributed by atoms with van der Waals surface area (Å²) in [5, 5.41) is 12.3. The Kier molecular flexibility index (Phi) is 5.26. The third-order valence-electron chi connectivity index (χ3n) is 5.80. The molecule has 2 bridgehead atoms. The van der Waals surface area contributed by atoms with Gasteiger partial charge < -0.3 is 14.7 Å². The van der Waals surface area contributed by atoms with Crippen LogP contribution in [0.4, 0.5) is 0 Å². The number of aliphatic hydroxyl groups excluding tert-OH is 1. The van der Waals surface area contributed by atoms with Gasteiger partial charge in [-0.3, -0.25) is 0 Å². The number of likely N-dealkylation sites (N-methyl/N-ethyl adjacent to an activating group) is 1. The molecule has 0 radical (unpaired) electrons. The molecule has 1 heterocycles. The molecule has 4 rings (SSSR count). The molecular weight excluding hydrogens is 306 g/mol. The summed E-state index contributed by atoms with van der Waals surface area (Å²) in [5.74, 6) is 1.57. The highest BCUT2D eigenvalue weighted by Crippen LogP contribution is 2.59. The molecule has 1 unspecified atom stereocenters. The number of ether oxygens (including phenoxy) is 1. The van der Waals surface area contributed by atoms with Crippen LogP contribution in [0.15, 0.2) is 29.2 Å². The Morgan fingerprint density at radius 1 is 1.48 bits per heavy atom. The van der Waals surface area contributed by atoms with Gasteiger partial charge in [0, 0.05) is 0 Å². The molecule has 0 spiro atoms. The van der Waals surface area contributed by atoms with E-state index in [1.54, 1.807) is 11.3 Å². The molecule has 0 amide bonds. The lowest BCUT2D eigenvalue weighted by Crippen LogP contribution is -3.08. The summed E-state index contributed by atoms with van der Waals surface area (Å²) >= 11 is 1.78. The van der Waals surface area contributed by atoms with Crippen molar-refractivity contribution in [3.63, 3.8) is 0 Å². The first-order valence-corrected chi connectivity index (χ1v) is 9.63. The van der Waals surface area contributed by atoms with E-state index in [9.17, 15) is 5.11 Å². The second kappa shape index (κ2) is 7.06. The van der Waals surface area contributed by atoms with E-state index in [-0.39, 0.29) is 6.10 Å². The number of quaternary nitrogens is 1. The minimum atomic E-state index is -0.388. The lowest BCUT2D eigenvalue weighted by Gasteiger charge is -2.56. The molecule has 128 valence electrons. The SMILES string of the molecule is C[NH+](Cc1cccs1)C[C@@H](O)COCC1=CC[C@H]2C[C@@H]1C2(C)C. The van der Waals surface area contributed by atoms with E-state index in [1.165, 1.54) is 28.2 Å². The predicted molar refractivity (Wildman–Crippen MR) is 94.7 cm³/mol. The zero-order valence-electron chi connectivity index (χ0n) is 14.5. The molecule has 3 nitrogen and oxygen atoms in total. The van der Waals surface area contributed by atoms with Crippen molar-refractivity contribution < 1.29 is 14.7 Å². The average Bonchev–Trinajstić information content (AvgIpc) is 2.99. The zero-order chi connectivity index (χ0) is 16.4. The first-order chi connectivity index (χ1) is 11.0. The second-order valence-electron chi connectivity index (χ2n) is 7.91. The Bertz CT molecular complexity index is 538. The van der Waals surface area contributed by atoms with Crippen LogP contribution in [0, 0.1) is 17.3 Å². The summed E-state index contributed by atoms with van der Waals surface area (Å²) in [5.41, 5.74) is 1.92. The molecule has 3 aliphatic carbocycles. The maximum atomic E-state index is 10.2. The standard InChI is InChI=1S/C19H29NO2S/c1-19(2)15-7-6-14(18(19)9-15)12-22-13-16(21)10-20(3)11-17-5-4-8-23-17/h4-6,8,15-16,18,21H,7,9-13H2,1-3H3/p+1/t15-,16+,18-/m0/s1. The number of thiophene rings is 1. The number of aliphatic hydroxyl groups is 1. The largest absolute Gasteiger partial charge is 0.385 e. The fraction of sp³-hybridized carbons (Fsp3) is 0.684. The molecule has 2 N–H and O–H groups in total. The first kappa shape index (κ1) is 17.2. The number of hydrogen-bond donors (Lipinski definition) is 2. The van der Waals surface area contributed by atoms with Gasteiger partial charge in [-0.2, -0.15) is 0 Å². The van der Waals surface area contributed by atoms with Crippen LogP contribution in [0.5, 0.6) is 0 Å². The van der Waals surface area contributed by atoms with Crippen molar-refractivity contribution in [3.8, 4) is 0 Å². The second-order valence-corrected chi connectivity index (χ2v) is 8.94. The molecule has 23 heavy (non-hydrogen) atoms. The van der Waals surface area contributed by atoms with E-state index in [1.807, 2.05) is 0 Å². The molecule has 0 aromatic carbocycles. The highest BCUT2D eigenvalue weighted by Gasteiger charge is 2.50. The van der Waals surface area contributed by atoms with Crippen molar-refractivity contribution in [1.29, 1.82) is 0 Å². The highest BCUT2D eigenvalue weighted by molar-refractivity contribution is 7.09. The number of hydrogen-bond acceptors (Lipinski definition) is 3. The maximum absolute atomic E-state index is 10.2. The van der Waals surface area contributed by atoms with E-state index in [0.717, 1.165) is 19.0 Å². The molecule has 1 saturated carbocycles. The molecule has 4 atom stereocenters.